The van der Waals surface area contributed by atoms with Gasteiger partial charge in [0.25, 0.3) is 0 Å². The van der Waals surface area contributed by atoms with E-state index in [0.29, 0.717) is 11.6 Å². The van der Waals surface area contributed by atoms with Crippen molar-refractivity contribution in [2.24, 2.45) is 17.0 Å². The number of anilines is 1. The third kappa shape index (κ3) is 2.92. The Kier molecular flexibility index (Phi) is 3.06. The Bertz CT molecular complexity index is 577. The summed E-state index contributed by atoms with van der Waals surface area (Å²) in [6.07, 6.45) is 5.17. The lowest BCUT2D eigenvalue weighted by molar-refractivity contribution is 0.567. The normalized spacial score (nSPS) is 19.7. The first-order valence-corrected chi connectivity index (χ1v) is 8.40. The van der Waals surface area contributed by atoms with Gasteiger partial charge in [0.15, 0.2) is 0 Å². The van der Waals surface area contributed by atoms with Gasteiger partial charge in [-0.05, 0) is 62.1 Å². The molecule has 0 radical (unpaired) electrons. The number of benzene rings is 1. The predicted octanol–water partition coefficient (Wildman–Crippen LogP) is 2.24. The molecule has 0 saturated heterocycles. The van der Waals surface area contributed by atoms with Gasteiger partial charge in [-0.1, -0.05) is 6.07 Å². The van der Waals surface area contributed by atoms with Crippen LogP contribution in [0.2, 0.25) is 0 Å². The number of hydrogen-bond donors (Lipinski definition) is 2. The third-order valence-corrected chi connectivity index (χ3v) is 5.14. The van der Waals surface area contributed by atoms with Crippen molar-refractivity contribution in [1.29, 1.82) is 0 Å². The summed E-state index contributed by atoms with van der Waals surface area (Å²) in [5, 5.41) is 8.77. The lowest BCUT2D eigenvalue weighted by Crippen LogP contribution is -2.24. The number of nitrogens with two attached hydrogens (primary N) is 1. The van der Waals surface area contributed by atoms with Gasteiger partial charge in [0.05, 0.1) is 4.90 Å². The SMILES string of the molecule is Cc1ccc(NC(C2CC2)C2CC2)cc1S(N)(=O)=O. The average Bonchev–Trinajstić information content (AvgIpc) is 3.19. The molecule has 2 aliphatic rings. The molecule has 0 aromatic heterocycles. The van der Waals surface area contributed by atoms with E-state index in [2.05, 4.69) is 5.32 Å². The standard InChI is InChI=1S/C14H20N2O2S/c1-9-2-7-12(8-13(9)19(15,17)18)16-14(10-3-4-10)11-5-6-11/h2,7-8,10-11,14,16H,3-6H2,1H3,(H2,15,17,18). The van der Waals surface area contributed by atoms with Crippen LogP contribution in [-0.4, -0.2) is 14.5 Å². The van der Waals surface area contributed by atoms with Gasteiger partial charge in [-0.25, -0.2) is 13.6 Å². The molecule has 2 aliphatic carbocycles. The van der Waals surface area contributed by atoms with E-state index in [1.54, 1.807) is 13.0 Å². The van der Waals surface area contributed by atoms with Crippen molar-refractivity contribution in [2.45, 2.75) is 43.5 Å². The topological polar surface area (TPSA) is 72.2 Å². The Morgan fingerprint density at radius 3 is 2.26 bits per heavy atom. The van der Waals surface area contributed by atoms with Crippen LogP contribution in [0.25, 0.3) is 0 Å². The molecule has 2 saturated carbocycles. The molecule has 0 spiro atoms. The molecule has 0 aliphatic heterocycles. The molecule has 19 heavy (non-hydrogen) atoms. The van der Waals surface area contributed by atoms with Gasteiger partial charge in [-0.2, -0.15) is 0 Å². The molecule has 5 heteroatoms. The molecule has 4 nitrogen and oxygen atoms in total. The third-order valence-electron chi connectivity index (χ3n) is 4.09. The number of nitrogens with one attached hydrogen (secondary N) is 1. The minimum atomic E-state index is -3.64. The molecule has 0 atom stereocenters. The highest BCUT2D eigenvalue weighted by Crippen LogP contribution is 2.45. The van der Waals surface area contributed by atoms with Crippen LogP contribution in [-0.2, 0) is 10.0 Å². The second kappa shape index (κ2) is 4.49. The minimum Gasteiger partial charge on any atom is -0.382 e. The van der Waals surface area contributed by atoms with Crippen LogP contribution >= 0.6 is 0 Å². The number of hydrogen-bond acceptors (Lipinski definition) is 3. The fourth-order valence-electron chi connectivity index (χ4n) is 2.72. The van der Waals surface area contributed by atoms with Gasteiger partial charge >= 0.3 is 0 Å². The molecule has 0 unspecified atom stereocenters. The van der Waals surface area contributed by atoms with Gasteiger partial charge in [0, 0.05) is 11.7 Å². The molecular formula is C14H20N2O2S. The van der Waals surface area contributed by atoms with Crippen molar-refractivity contribution in [1.82, 2.24) is 0 Å². The summed E-state index contributed by atoms with van der Waals surface area (Å²) in [7, 11) is -3.64. The zero-order valence-electron chi connectivity index (χ0n) is 11.1. The summed E-state index contributed by atoms with van der Waals surface area (Å²) in [5.41, 5.74) is 1.57. The van der Waals surface area contributed by atoms with Crippen molar-refractivity contribution < 1.29 is 8.42 Å². The van der Waals surface area contributed by atoms with Crippen molar-refractivity contribution in [3.05, 3.63) is 23.8 Å². The van der Waals surface area contributed by atoms with Crippen molar-refractivity contribution in [2.75, 3.05) is 5.32 Å². The highest BCUT2D eigenvalue weighted by Gasteiger charge is 2.41. The van der Waals surface area contributed by atoms with E-state index in [1.165, 1.54) is 25.7 Å². The second-order valence-electron chi connectivity index (χ2n) is 5.87. The van der Waals surface area contributed by atoms with Crippen LogP contribution in [0.3, 0.4) is 0 Å². The molecule has 3 N–H and O–H groups in total. The number of aryl methyl sites for hydroxylation is 1. The van der Waals surface area contributed by atoms with E-state index in [4.69, 9.17) is 5.14 Å². The Morgan fingerprint density at radius 2 is 1.79 bits per heavy atom. The lowest BCUT2D eigenvalue weighted by Gasteiger charge is -2.20. The first kappa shape index (κ1) is 12.9. The zero-order chi connectivity index (χ0) is 13.6. The summed E-state index contributed by atoms with van der Waals surface area (Å²) < 4.78 is 23.1. The van der Waals surface area contributed by atoms with Crippen LogP contribution in [0.15, 0.2) is 23.1 Å². The quantitative estimate of drug-likeness (QED) is 0.869. The van der Waals surface area contributed by atoms with Gasteiger partial charge in [0.1, 0.15) is 0 Å². The lowest BCUT2D eigenvalue weighted by atomic mass is 10.1. The molecule has 104 valence electrons. The summed E-state index contributed by atoms with van der Waals surface area (Å²) in [6.45, 7) is 1.77. The zero-order valence-corrected chi connectivity index (χ0v) is 11.9. The predicted molar refractivity (Wildman–Crippen MR) is 75.4 cm³/mol. The van der Waals surface area contributed by atoms with Gasteiger partial charge in [-0.3, -0.25) is 0 Å². The van der Waals surface area contributed by atoms with E-state index in [1.807, 2.05) is 12.1 Å². The largest absolute Gasteiger partial charge is 0.382 e. The van der Waals surface area contributed by atoms with Crippen LogP contribution < -0.4 is 10.5 Å². The van der Waals surface area contributed by atoms with E-state index in [-0.39, 0.29) is 4.90 Å². The minimum absolute atomic E-state index is 0.225. The average molecular weight is 280 g/mol. The highest BCUT2D eigenvalue weighted by atomic mass is 32.2. The highest BCUT2D eigenvalue weighted by molar-refractivity contribution is 7.89. The molecule has 0 amide bonds. The second-order valence-corrected chi connectivity index (χ2v) is 7.40. The molecule has 3 rings (SSSR count). The fraction of sp³-hybridized carbons (Fsp3) is 0.571. The monoisotopic (exact) mass is 280 g/mol. The fourth-order valence-corrected chi connectivity index (χ4v) is 3.53. The Balaban J connectivity index is 1.84. The van der Waals surface area contributed by atoms with E-state index < -0.39 is 10.0 Å². The Labute approximate surface area is 114 Å². The maximum Gasteiger partial charge on any atom is 0.238 e. The first-order chi connectivity index (χ1) is 8.95. The van der Waals surface area contributed by atoms with Gasteiger partial charge in [-0.15, -0.1) is 0 Å². The molecule has 2 fully saturated rings. The molecule has 1 aromatic carbocycles. The number of rotatable bonds is 5. The number of sulfonamides is 1. The molecular weight excluding hydrogens is 260 g/mol. The number of primary sulfonamides is 1. The van der Waals surface area contributed by atoms with Crippen LogP contribution in [0.4, 0.5) is 5.69 Å². The van der Waals surface area contributed by atoms with E-state index in [0.717, 1.165) is 17.5 Å². The van der Waals surface area contributed by atoms with Gasteiger partial charge in [0.2, 0.25) is 10.0 Å². The molecule has 1 aromatic rings. The summed E-state index contributed by atoms with van der Waals surface area (Å²) in [4.78, 5) is 0.225. The van der Waals surface area contributed by atoms with Crippen molar-refractivity contribution >= 4 is 15.7 Å². The molecule has 0 heterocycles. The Hall–Kier alpha value is -1.07. The first-order valence-electron chi connectivity index (χ1n) is 6.85. The smallest absolute Gasteiger partial charge is 0.238 e. The Morgan fingerprint density at radius 1 is 1.21 bits per heavy atom. The van der Waals surface area contributed by atoms with Gasteiger partial charge < -0.3 is 5.32 Å². The summed E-state index contributed by atoms with van der Waals surface area (Å²) in [5.74, 6) is 1.54. The summed E-state index contributed by atoms with van der Waals surface area (Å²) in [6, 6.07) is 5.94. The van der Waals surface area contributed by atoms with Crippen LogP contribution in [0.1, 0.15) is 31.2 Å². The summed E-state index contributed by atoms with van der Waals surface area (Å²) >= 11 is 0. The maximum absolute atomic E-state index is 11.5. The van der Waals surface area contributed by atoms with E-state index in [9.17, 15) is 8.42 Å². The van der Waals surface area contributed by atoms with Crippen molar-refractivity contribution in [3.8, 4) is 0 Å². The molecule has 0 bridgehead atoms. The van der Waals surface area contributed by atoms with E-state index >= 15 is 0 Å². The van der Waals surface area contributed by atoms with Crippen LogP contribution in [0.5, 0.6) is 0 Å². The van der Waals surface area contributed by atoms with Crippen LogP contribution in [0, 0.1) is 18.8 Å². The maximum atomic E-state index is 11.5. The van der Waals surface area contributed by atoms with Crippen molar-refractivity contribution in [3.63, 3.8) is 0 Å².